The van der Waals surface area contributed by atoms with E-state index < -0.39 is 50.0 Å². The maximum Gasteiger partial charge on any atom is 0.330 e. The second-order valence-electron chi connectivity index (χ2n) is 16.3. The lowest BCUT2D eigenvalue weighted by molar-refractivity contribution is -0.204. The molecule has 2 saturated heterocycles. The van der Waals surface area contributed by atoms with E-state index in [4.69, 9.17) is 45.3 Å². The Balaban J connectivity index is 1.40. The van der Waals surface area contributed by atoms with Crippen LogP contribution in [0.5, 0.6) is 0 Å². The minimum absolute atomic E-state index is 0.168. The Morgan fingerprint density at radius 3 is 1.82 bits per heavy atom. The van der Waals surface area contributed by atoms with Crippen LogP contribution in [0.2, 0.25) is 21.8 Å². The highest BCUT2D eigenvalue weighted by atomic mass is 35.5. The molecule has 7 rings (SSSR count). The number of imidazole rings is 1. The van der Waals surface area contributed by atoms with Crippen molar-refractivity contribution in [2.24, 2.45) is 0 Å². The summed E-state index contributed by atoms with van der Waals surface area (Å²) >= 11 is 6.97. The molecule has 57 heavy (non-hydrogen) atoms. The topological polar surface area (TPSA) is 107 Å². The molecular formula is C45H53ClN4O6Si. The average Bonchev–Trinajstić information content (AvgIpc) is 3.83. The van der Waals surface area contributed by atoms with Gasteiger partial charge in [0.2, 0.25) is 0 Å². The first-order valence-electron chi connectivity index (χ1n) is 19.8. The maximum absolute atomic E-state index is 12.1. The van der Waals surface area contributed by atoms with Crippen molar-refractivity contribution < 1.29 is 28.5 Å². The molecular weight excluding hydrogens is 756 g/mol. The molecule has 2 aliphatic rings. The van der Waals surface area contributed by atoms with Crippen LogP contribution in [-0.2, 0) is 34.1 Å². The van der Waals surface area contributed by atoms with Gasteiger partial charge in [-0.15, -0.1) is 0 Å². The lowest BCUT2D eigenvalue weighted by Gasteiger charge is -2.43. The highest BCUT2D eigenvalue weighted by Crippen LogP contribution is 2.48. The number of fused-ring (bicyclic) bond motifs is 2. The first-order valence-corrected chi connectivity index (χ1v) is 22.4. The standard InChI is InChI=1S/C45H53ClN4O6Si/c1-28(2)57(29(3)4,30(5)6)43-49-37-40(46)47-35(25-26-36(51)52-9)48-41(37)50(43)42-39-38(55-44(7,8)56-39)34(54-42)27-53-45(31-19-13-10-14-20-31,32-21-15-11-16-22-32)33-23-17-12-18-24-33/h10-26,28-30,34,38-39,42H,27H2,1-9H3/b26-25+/t34-,38-,39-,42-/m1/s1. The summed E-state index contributed by atoms with van der Waals surface area (Å²) in [4.78, 5) is 27.0. The number of carbonyl (C=O) groups excluding carboxylic acids is 1. The lowest BCUT2D eigenvalue weighted by atomic mass is 9.80. The number of rotatable bonds is 13. The van der Waals surface area contributed by atoms with Gasteiger partial charge in [0.15, 0.2) is 28.6 Å². The number of aromatic nitrogens is 4. The van der Waals surface area contributed by atoms with Gasteiger partial charge in [-0.2, -0.15) is 0 Å². The molecule has 4 atom stereocenters. The summed E-state index contributed by atoms with van der Waals surface area (Å²) in [5, 5.41) is 0.181. The number of carbonyl (C=O) groups is 1. The van der Waals surface area contributed by atoms with E-state index in [1.807, 2.05) is 68.4 Å². The van der Waals surface area contributed by atoms with Gasteiger partial charge in [0, 0.05) is 6.08 Å². The second-order valence-corrected chi connectivity index (χ2v) is 22.5. The second kappa shape index (κ2) is 16.2. The third-order valence-corrected chi connectivity index (χ3v) is 18.8. The Morgan fingerprint density at radius 1 is 0.825 bits per heavy atom. The minimum atomic E-state index is -2.54. The summed E-state index contributed by atoms with van der Waals surface area (Å²) in [6.45, 7) is 17.8. The molecule has 5 aromatic rings. The Labute approximate surface area is 341 Å². The molecule has 3 aromatic carbocycles. The van der Waals surface area contributed by atoms with Crippen LogP contribution in [0.25, 0.3) is 17.2 Å². The molecule has 0 amide bonds. The Kier molecular flexibility index (Phi) is 11.6. The summed E-state index contributed by atoms with van der Waals surface area (Å²) in [5.41, 5.74) is 4.73. The number of hydrogen-bond donors (Lipinski definition) is 0. The fourth-order valence-electron chi connectivity index (χ4n) is 9.54. The SMILES string of the molecule is COC(=O)/C=C/c1nc(Cl)c2nc([Si](C(C)C)(C(C)C)C(C)C)n([C@@H]3O[C@H](COC(c4ccccc4)(c4ccccc4)c4ccccc4)[C@H]4OC(C)(C)O[C@H]43)c2n1. The zero-order chi connectivity index (χ0) is 40.7. The summed E-state index contributed by atoms with van der Waals surface area (Å²) in [6.07, 6.45) is 0.447. The monoisotopic (exact) mass is 808 g/mol. The zero-order valence-corrected chi connectivity index (χ0v) is 35.9. The van der Waals surface area contributed by atoms with Crippen molar-refractivity contribution in [1.82, 2.24) is 19.5 Å². The highest BCUT2D eigenvalue weighted by Gasteiger charge is 2.59. The molecule has 12 heteroatoms. The fraction of sp³-hybridized carbons (Fsp3) is 0.422. The lowest BCUT2D eigenvalue weighted by Crippen LogP contribution is -2.60. The van der Waals surface area contributed by atoms with E-state index in [2.05, 4.69) is 87.5 Å². The van der Waals surface area contributed by atoms with Gasteiger partial charge in [0.25, 0.3) is 0 Å². The van der Waals surface area contributed by atoms with Gasteiger partial charge in [-0.25, -0.2) is 19.7 Å². The van der Waals surface area contributed by atoms with Crippen molar-refractivity contribution >= 4 is 48.3 Å². The van der Waals surface area contributed by atoms with Gasteiger partial charge in [0.05, 0.1) is 19.2 Å². The fourth-order valence-corrected chi connectivity index (χ4v) is 16.3. The van der Waals surface area contributed by atoms with E-state index in [1.165, 1.54) is 19.3 Å². The Hall–Kier alpha value is -4.23. The van der Waals surface area contributed by atoms with Crippen LogP contribution in [0, 0.1) is 0 Å². The predicted octanol–water partition coefficient (Wildman–Crippen LogP) is 8.98. The molecule has 0 bridgehead atoms. The Morgan fingerprint density at radius 2 is 1.33 bits per heavy atom. The van der Waals surface area contributed by atoms with Crippen LogP contribution in [0.4, 0.5) is 0 Å². The van der Waals surface area contributed by atoms with E-state index in [1.54, 1.807) is 0 Å². The minimum Gasteiger partial charge on any atom is -0.466 e. The zero-order valence-electron chi connectivity index (χ0n) is 34.2. The van der Waals surface area contributed by atoms with Crippen LogP contribution >= 0.6 is 11.6 Å². The van der Waals surface area contributed by atoms with Gasteiger partial charge in [0.1, 0.15) is 37.5 Å². The number of esters is 1. The molecule has 2 aromatic heterocycles. The number of hydrogen-bond acceptors (Lipinski definition) is 9. The van der Waals surface area contributed by atoms with Crippen LogP contribution in [-0.4, -0.2) is 71.4 Å². The first kappa shape index (κ1) is 40.9. The van der Waals surface area contributed by atoms with Crippen molar-refractivity contribution in [3.8, 4) is 0 Å². The van der Waals surface area contributed by atoms with Crippen molar-refractivity contribution in [2.45, 2.75) is 108 Å². The number of methoxy groups -OCH3 is 1. The van der Waals surface area contributed by atoms with Crippen LogP contribution in [0.15, 0.2) is 97.1 Å². The third-order valence-electron chi connectivity index (χ3n) is 11.7. The van der Waals surface area contributed by atoms with Gasteiger partial charge < -0.3 is 23.7 Å². The van der Waals surface area contributed by atoms with Gasteiger partial charge in [-0.3, -0.25) is 4.57 Å². The number of benzene rings is 3. The smallest absolute Gasteiger partial charge is 0.330 e. The summed E-state index contributed by atoms with van der Waals surface area (Å²) in [6, 6.07) is 30.9. The normalized spacial score (nSPS) is 21.0. The van der Waals surface area contributed by atoms with Crippen molar-refractivity contribution in [3.63, 3.8) is 0 Å². The van der Waals surface area contributed by atoms with E-state index in [0.717, 1.165) is 22.1 Å². The molecule has 0 spiro atoms. The Bertz CT molecular complexity index is 2090. The molecule has 2 aliphatic heterocycles. The number of nitrogens with zero attached hydrogens (tertiary/aromatic N) is 4. The van der Waals surface area contributed by atoms with E-state index >= 15 is 0 Å². The quantitative estimate of drug-likeness (QED) is 0.0379. The van der Waals surface area contributed by atoms with Gasteiger partial charge in [-0.05, 0) is 53.2 Å². The summed E-state index contributed by atoms with van der Waals surface area (Å²) in [5.74, 6) is -1.20. The first-order chi connectivity index (χ1) is 27.2. The molecule has 0 radical (unpaired) electrons. The molecule has 10 nitrogen and oxygen atoms in total. The maximum atomic E-state index is 12.1. The molecule has 0 unspecified atom stereocenters. The van der Waals surface area contributed by atoms with Crippen molar-refractivity contribution in [1.29, 1.82) is 0 Å². The molecule has 4 heterocycles. The van der Waals surface area contributed by atoms with E-state index in [9.17, 15) is 4.79 Å². The van der Waals surface area contributed by atoms with E-state index in [-0.39, 0.29) is 34.2 Å². The number of halogens is 1. The molecule has 2 fully saturated rings. The third kappa shape index (κ3) is 7.27. The molecule has 0 aliphatic carbocycles. The van der Waals surface area contributed by atoms with Crippen LogP contribution in [0.3, 0.4) is 0 Å². The largest absolute Gasteiger partial charge is 0.466 e. The van der Waals surface area contributed by atoms with E-state index in [0.29, 0.717) is 11.2 Å². The average molecular weight is 809 g/mol. The molecule has 300 valence electrons. The van der Waals surface area contributed by atoms with Gasteiger partial charge >= 0.3 is 5.97 Å². The predicted molar refractivity (Wildman–Crippen MR) is 225 cm³/mol. The van der Waals surface area contributed by atoms with Crippen LogP contribution in [0.1, 0.15) is 84.1 Å². The van der Waals surface area contributed by atoms with Crippen molar-refractivity contribution in [3.05, 3.63) is 125 Å². The molecule has 0 saturated carbocycles. The van der Waals surface area contributed by atoms with Crippen LogP contribution < -0.4 is 5.45 Å². The number of ether oxygens (including phenoxy) is 5. The van der Waals surface area contributed by atoms with Gasteiger partial charge in [-0.1, -0.05) is 144 Å². The molecule has 0 N–H and O–H groups in total. The highest BCUT2D eigenvalue weighted by molar-refractivity contribution is 6.94. The van der Waals surface area contributed by atoms with Crippen molar-refractivity contribution in [2.75, 3.05) is 13.7 Å². The summed E-state index contributed by atoms with van der Waals surface area (Å²) < 4.78 is 35.0. The summed E-state index contributed by atoms with van der Waals surface area (Å²) in [7, 11) is -1.22.